The number of para-hydroxylation sites is 1. The second kappa shape index (κ2) is 7.14. The molecule has 2 heterocycles. The lowest BCUT2D eigenvalue weighted by Gasteiger charge is -2.06. The number of carbonyl (C=O) groups excluding carboxylic acids is 1. The summed E-state index contributed by atoms with van der Waals surface area (Å²) in [5, 5.41) is 10.8. The second-order valence-corrected chi connectivity index (χ2v) is 7.07. The minimum absolute atomic E-state index is 0.0794. The minimum Gasteiger partial charge on any atom is -0.352 e. The van der Waals surface area contributed by atoms with E-state index in [4.69, 9.17) is 0 Å². The van der Waals surface area contributed by atoms with E-state index in [0.717, 1.165) is 17.8 Å². The average Bonchev–Trinajstić information content (AvgIpc) is 3.26. The molecule has 0 aliphatic carbocycles. The zero-order chi connectivity index (χ0) is 17.9. The number of benzene rings is 2. The van der Waals surface area contributed by atoms with E-state index in [9.17, 15) is 4.79 Å². The number of rotatable bonds is 5. The number of hydrogen-bond acceptors (Lipinski definition) is 3. The lowest BCUT2D eigenvalue weighted by atomic mass is 10.1. The van der Waals surface area contributed by atoms with E-state index in [1.807, 2.05) is 37.3 Å². The van der Waals surface area contributed by atoms with E-state index in [1.165, 1.54) is 15.6 Å². The Hall–Kier alpha value is -2.92. The zero-order valence-corrected chi connectivity index (χ0v) is 15.3. The lowest BCUT2D eigenvalue weighted by molar-refractivity contribution is 0.0953. The third-order valence-electron chi connectivity index (χ3n) is 4.50. The number of nitrogens with one attached hydrogen (secondary N) is 1. The summed E-state index contributed by atoms with van der Waals surface area (Å²) in [5.74, 6) is -0.0794. The highest BCUT2D eigenvalue weighted by atomic mass is 32.1. The molecule has 2 aromatic heterocycles. The third kappa shape index (κ3) is 3.13. The van der Waals surface area contributed by atoms with Crippen LogP contribution in [0.3, 0.4) is 0 Å². The van der Waals surface area contributed by atoms with Crippen LogP contribution in [0.2, 0.25) is 0 Å². The van der Waals surface area contributed by atoms with Crippen molar-refractivity contribution in [2.45, 2.75) is 13.3 Å². The van der Waals surface area contributed by atoms with Crippen molar-refractivity contribution >= 4 is 27.3 Å². The van der Waals surface area contributed by atoms with E-state index < -0.39 is 0 Å². The molecule has 0 fully saturated rings. The van der Waals surface area contributed by atoms with E-state index in [0.29, 0.717) is 12.1 Å². The minimum atomic E-state index is -0.0794. The summed E-state index contributed by atoms with van der Waals surface area (Å²) in [5.41, 5.74) is 3.69. The molecule has 2 aromatic carbocycles. The van der Waals surface area contributed by atoms with Crippen LogP contribution in [0.25, 0.3) is 15.8 Å². The van der Waals surface area contributed by atoms with Gasteiger partial charge in [-0.3, -0.25) is 4.79 Å². The van der Waals surface area contributed by atoms with Crippen molar-refractivity contribution in [2.75, 3.05) is 6.54 Å². The van der Waals surface area contributed by atoms with Crippen LogP contribution < -0.4 is 5.32 Å². The van der Waals surface area contributed by atoms with E-state index in [-0.39, 0.29) is 5.91 Å². The number of fused-ring (bicyclic) bond motifs is 1. The Kier molecular flexibility index (Phi) is 4.54. The SMILES string of the molecule is Cc1c(C(=O)NCCc2csc3ccccc23)cnn1-c1ccccc1. The third-order valence-corrected chi connectivity index (χ3v) is 5.51. The lowest BCUT2D eigenvalue weighted by Crippen LogP contribution is -2.26. The molecule has 0 radical (unpaired) electrons. The highest BCUT2D eigenvalue weighted by Crippen LogP contribution is 2.25. The number of hydrogen-bond donors (Lipinski definition) is 1. The first-order chi connectivity index (χ1) is 12.7. The number of carbonyl (C=O) groups is 1. The molecule has 1 amide bonds. The van der Waals surface area contributed by atoms with Gasteiger partial charge in [-0.25, -0.2) is 4.68 Å². The van der Waals surface area contributed by atoms with E-state index in [2.05, 4.69) is 40.1 Å². The molecule has 4 nitrogen and oxygen atoms in total. The first-order valence-electron chi connectivity index (χ1n) is 8.57. The summed E-state index contributed by atoms with van der Waals surface area (Å²) in [6.45, 7) is 2.52. The molecule has 1 N–H and O–H groups in total. The van der Waals surface area contributed by atoms with Crippen LogP contribution in [0.4, 0.5) is 0 Å². The summed E-state index contributed by atoms with van der Waals surface area (Å²) in [6.07, 6.45) is 2.46. The van der Waals surface area contributed by atoms with Crippen LogP contribution in [0.15, 0.2) is 66.2 Å². The number of amides is 1. The molecule has 0 aliphatic heterocycles. The molecule has 26 heavy (non-hydrogen) atoms. The standard InChI is InChI=1S/C21H19N3OS/c1-15-19(13-23-24(15)17-7-3-2-4-8-17)21(25)22-12-11-16-14-26-20-10-6-5-9-18(16)20/h2-10,13-14H,11-12H2,1H3,(H,22,25). The van der Waals surface area contributed by atoms with Gasteiger partial charge in [-0.2, -0.15) is 5.10 Å². The van der Waals surface area contributed by atoms with Gasteiger partial charge in [0.2, 0.25) is 0 Å². The van der Waals surface area contributed by atoms with Gasteiger partial charge in [0.05, 0.1) is 23.1 Å². The zero-order valence-electron chi connectivity index (χ0n) is 14.5. The molecule has 0 spiro atoms. The van der Waals surface area contributed by atoms with Gasteiger partial charge in [-0.05, 0) is 47.9 Å². The molecular formula is C21H19N3OS. The van der Waals surface area contributed by atoms with Gasteiger partial charge in [0.1, 0.15) is 0 Å². The predicted octanol–water partition coefficient (Wildman–Crippen LogP) is 4.37. The Morgan fingerprint density at radius 1 is 1.12 bits per heavy atom. The number of nitrogens with zero attached hydrogens (tertiary/aromatic N) is 2. The van der Waals surface area contributed by atoms with Crippen molar-refractivity contribution in [3.8, 4) is 5.69 Å². The van der Waals surface area contributed by atoms with Crippen molar-refractivity contribution in [1.82, 2.24) is 15.1 Å². The normalized spacial score (nSPS) is 11.0. The van der Waals surface area contributed by atoms with Crippen LogP contribution in [-0.2, 0) is 6.42 Å². The highest BCUT2D eigenvalue weighted by Gasteiger charge is 2.15. The molecule has 0 bridgehead atoms. The maximum Gasteiger partial charge on any atom is 0.254 e. The van der Waals surface area contributed by atoms with Crippen LogP contribution in [-0.4, -0.2) is 22.2 Å². The maximum absolute atomic E-state index is 12.5. The molecular weight excluding hydrogens is 342 g/mol. The van der Waals surface area contributed by atoms with Gasteiger partial charge in [-0.15, -0.1) is 11.3 Å². The van der Waals surface area contributed by atoms with Crippen molar-refractivity contribution in [3.05, 3.63) is 83.0 Å². The van der Waals surface area contributed by atoms with Gasteiger partial charge in [-0.1, -0.05) is 36.4 Å². The van der Waals surface area contributed by atoms with E-state index >= 15 is 0 Å². The Balaban J connectivity index is 1.43. The fourth-order valence-corrected chi connectivity index (χ4v) is 4.09. The fourth-order valence-electron chi connectivity index (χ4n) is 3.09. The van der Waals surface area contributed by atoms with E-state index in [1.54, 1.807) is 22.2 Å². The molecule has 0 atom stereocenters. The molecule has 5 heteroatoms. The number of aromatic nitrogens is 2. The van der Waals surface area contributed by atoms with Gasteiger partial charge in [0.25, 0.3) is 5.91 Å². The van der Waals surface area contributed by atoms with Gasteiger partial charge in [0, 0.05) is 11.2 Å². The van der Waals surface area contributed by atoms with Crippen molar-refractivity contribution < 1.29 is 4.79 Å². The molecule has 0 aliphatic rings. The predicted molar refractivity (Wildman–Crippen MR) is 106 cm³/mol. The maximum atomic E-state index is 12.5. The van der Waals surface area contributed by atoms with Gasteiger partial charge >= 0.3 is 0 Å². The quantitative estimate of drug-likeness (QED) is 0.574. The van der Waals surface area contributed by atoms with Crippen molar-refractivity contribution in [3.63, 3.8) is 0 Å². The average molecular weight is 361 g/mol. The number of thiophene rings is 1. The summed E-state index contributed by atoms with van der Waals surface area (Å²) < 4.78 is 3.08. The summed E-state index contributed by atoms with van der Waals surface area (Å²) in [6, 6.07) is 18.2. The first kappa shape index (κ1) is 16.5. The van der Waals surface area contributed by atoms with Gasteiger partial charge in [0.15, 0.2) is 0 Å². The molecule has 0 saturated heterocycles. The Morgan fingerprint density at radius 3 is 2.73 bits per heavy atom. The largest absolute Gasteiger partial charge is 0.352 e. The van der Waals surface area contributed by atoms with Crippen molar-refractivity contribution in [2.24, 2.45) is 0 Å². The van der Waals surface area contributed by atoms with Crippen molar-refractivity contribution in [1.29, 1.82) is 0 Å². The smallest absolute Gasteiger partial charge is 0.254 e. The fraction of sp³-hybridized carbons (Fsp3) is 0.143. The monoisotopic (exact) mass is 361 g/mol. The first-order valence-corrected chi connectivity index (χ1v) is 9.45. The summed E-state index contributed by atoms with van der Waals surface area (Å²) in [4.78, 5) is 12.5. The van der Waals surface area contributed by atoms with Gasteiger partial charge < -0.3 is 5.32 Å². The molecule has 4 aromatic rings. The van der Waals surface area contributed by atoms with Crippen LogP contribution in [0.1, 0.15) is 21.6 Å². The summed E-state index contributed by atoms with van der Waals surface area (Å²) >= 11 is 1.75. The van der Waals surface area contributed by atoms with Crippen LogP contribution >= 0.6 is 11.3 Å². The molecule has 4 rings (SSSR count). The van der Waals surface area contributed by atoms with Crippen LogP contribution in [0.5, 0.6) is 0 Å². The molecule has 0 saturated carbocycles. The molecule has 0 unspecified atom stereocenters. The molecule has 130 valence electrons. The Bertz CT molecular complexity index is 1050. The highest BCUT2D eigenvalue weighted by molar-refractivity contribution is 7.17. The topological polar surface area (TPSA) is 46.9 Å². The summed E-state index contributed by atoms with van der Waals surface area (Å²) in [7, 11) is 0. The Labute approximate surface area is 156 Å². The second-order valence-electron chi connectivity index (χ2n) is 6.15. The van der Waals surface area contributed by atoms with Crippen LogP contribution in [0, 0.1) is 6.92 Å². The Morgan fingerprint density at radius 2 is 1.88 bits per heavy atom.